The molecule has 4 rings (SSSR count). The molecule has 2 atom stereocenters. The lowest BCUT2D eigenvalue weighted by molar-refractivity contribution is -0.152. The number of nitrogens with zero attached hydrogens (tertiary/aromatic N) is 6. The van der Waals surface area contributed by atoms with Crippen molar-refractivity contribution in [1.82, 2.24) is 19.4 Å². The van der Waals surface area contributed by atoms with Crippen LogP contribution in [0.1, 0.15) is 19.8 Å². The summed E-state index contributed by atoms with van der Waals surface area (Å²) in [4.78, 5) is 25.7. The number of anilines is 1. The highest BCUT2D eigenvalue weighted by Crippen LogP contribution is 2.45. The van der Waals surface area contributed by atoms with Gasteiger partial charge in [0.05, 0.1) is 17.0 Å². The Kier molecular flexibility index (Phi) is 5.79. The molecule has 0 aliphatic carbocycles. The van der Waals surface area contributed by atoms with Gasteiger partial charge in [-0.1, -0.05) is 26.6 Å². The second-order valence-corrected chi connectivity index (χ2v) is 15.7. The van der Waals surface area contributed by atoms with Crippen LogP contribution >= 0.6 is 0 Å². The fourth-order valence-electron chi connectivity index (χ4n) is 4.80. The first-order chi connectivity index (χ1) is 14.7. The molecule has 1 spiro atoms. The molecule has 8 nitrogen and oxygen atoms in total. The number of aromatic nitrogens is 3. The molecule has 2 aromatic heterocycles. The summed E-state index contributed by atoms with van der Waals surface area (Å²) in [6, 6.07) is 5.20. The van der Waals surface area contributed by atoms with Gasteiger partial charge in [0, 0.05) is 40.5 Å². The molecule has 0 unspecified atom stereocenters. The molecular weight excluding hydrogens is 408 g/mol. The van der Waals surface area contributed by atoms with Crippen LogP contribution in [0.15, 0.2) is 18.6 Å². The lowest BCUT2D eigenvalue weighted by Crippen LogP contribution is -2.69. The van der Waals surface area contributed by atoms with Crippen LogP contribution in [0.3, 0.4) is 0 Å². The maximum atomic E-state index is 12.4. The van der Waals surface area contributed by atoms with Crippen molar-refractivity contribution >= 4 is 30.8 Å². The number of carbonyl (C=O) groups is 1. The number of ether oxygens (including phenoxy) is 1. The quantitative estimate of drug-likeness (QED) is 0.486. The largest absolute Gasteiger partial charge is 0.361 e. The molecule has 2 saturated heterocycles. The van der Waals surface area contributed by atoms with E-state index in [1.165, 1.54) is 0 Å². The van der Waals surface area contributed by atoms with Gasteiger partial charge in [-0.25, -0.2) is 9.97 Å². The van der Waals surface area contributed by atoms with Gasteiger partial charge in [0.2, 0.25) is 5.91 Å². The summed E-state index contributed by atoms with van der Waals surface area (Å²) in [6.07, 6.45) is 4.48. The van der Waals surface area contributed by atoms with Crippen LogP contribution in [0, 0.1) is 17.2 Å². The number of hydrogen-bond donors (Lipinski definition) is 0. The molecular formula is C22H32N6O2Si. The van der Waals surface area contributed by atoms with Crippen LogP contribution in [0.5, 0.6) is 0 Å². The van der Waals surface area contributed by atoms with Crippen molar-refractivity contribution in [2.45, 2.75) is 57.7 Å². The molecule has 0 aromatic carbocycles. The molecule has 2 aliphatic rings. The Balaban J connectivity index is 1.49. The molecule has 0 N–H and O–H groups in total. The first-order valence-corrected chi connectivity index (χ1v) is 14.8. The monoisotopic (exact) mass is 440 g/mol. The fraction of sp³-hybridized carbons (Fsp3) is 0.636. The molecule has 9 heteroatoms. The van der Waals surface area contributed by atoms with Gasteiger partial charge in [-0.05, 0) is 24.4 Å². The Hall–Kier alpha value is -2.44. The van der Waals surface area contributed by atoms with Gasteiger partial charge in [0.1, 0.15) is 30.9 Å². The maximum absolute atomic E-state index is 12.4. The van der Waals surface area contributed by atoms with E-state index in [-0.39, 0.29) is 17.9 Å². The van der Waals surface area contributed by atoms with Gasteiger partial charge in [-0.15, -0.1) is 0 Å². The number of rotatable bonds is 7. The van der Waals surface area contributed by atoms with Gasteiger partial charge >= 0.3 is 0 Å². The molecule has 31 heavy (non-hydrogen) atoms. The molecule has 166 valence electrons. The number of amides is 1. The first kappa shape index (κ1) is 21.8. The Labute approximate surface area is 184 Å². The van der Waals surface area contributed by atoms with Crippen LogP contribution < -0.4 is 4.90 Å². The van der Waals surface area contributed by atoms with E-state index in [1.807, 2.05) is 21.7 Å². The summed E-state index contributed by atoms with van der Waals surface area (Å²) in [5.74, 6) is 1.27. The highest BCUT2D eigenvalue weighted by molar-refractivity contribution is 6.76. The average Bonchev–Trinajstić information content (AvgIpc) is 3.35. The van der Waals surface area contributed by atoms with E-state index < -0.39 is 8.07 Å². The summed E-state index contributed by atoms with van der Waals surface area (Å²) < 4.78 is 7.95. The van der Waals surface area contributed by atoms with Crippen molar-refractivity contribution in [2.24, 2.45) is 5.92 Å². The highest BCUT2D eigenvalue weighted by Gasteiger charge is 2.56. The summed E-state index contributed by atoms with van der Waals surface area (Å²) in [5.41, 5.74) is 0.686. The third kappa shape index (κ3) is 4.06. The maximum Gasteiger partial charge on any atom is 0.237 e. The fourth-order valence-corrected chi connectivity index (χ4v) is 5.56. The summed E-state index contributed by atoms with van der Waals surface area (Å²) in [6.45, 7) is 12.8. The van der Waals surface area contributed by atoms with Crippen molar-refractivity contribution in [3.63, 3.8) is 0 Å². The van der Waals surface area contributed by atoms with Gasteiger partial charge in [0.15, 0.2) is 0 Å². The van der Waals surface area contributed by atoms with Crippen molar-refractivity contribution in [1.29, 1.82) is 5.26 Å². The van der Waals surface area contributed by atoms with E-state index in [1.54, 1.807) is 6.33 Å². The number of nitriles is 1. The standard InChI is InChI=1S/C22H32N6O2Si/c1-17-13-28(19(29)5-8-23)22(17)7-10-26(14-22)20-18-6-9-27(21(18)25-15-24-20)16-30-11-12-31(2,3)4/h6,9,15,17H,5,7,10-14,16H2,1-4H3/t17-,22-/m0/s1. The highest BCUT2D eigenvalue weighted by atomic mass is 28.3. The molecule has 2 aromatic rings. The van der Waals surface area contributed by atoms with E-state index >= 15 is 0 Å². The minimum atomic E-state index is -1.11. The summed E-state index contributed by atoms with van der Waals surface area (Å²) >= 11 is 0. The minimum absolute atomic E-state index is 0.0488. The topological polar surface area (TPSA) is 87.3 Å². The van der Waals surface area contributed by atoms with Gasteiger partial charge in [-0.2, -0.15) is 5.26 Å². The molecule has 4 heterocycles. The zero-order chi connectivity index (χ0) is 22.2. The predicted molar refractivity (Wildman–Crippen MR) is 122 cm³/mol. The van der Waals surface area contributed by atoms with Crippen molar-refractivity contribution < 1.29 is 9.53 Å². The van der Waals surface area contributed by atoms with Crippen molar-refractivity contribution in [2.75, 3.05) is 31.1 Å². The van der Waals surface area contributed by atoms with E-state index in [0.29, 0.717) is 12.6 Å². The average molecular weight is 441 g/mol. The normalized spacial score (nSPS) is 23.4. The second kappa shape index (κ2) is 8.24. The first-order valence-electron chi connectivity index (χ1n) is 11.1. The van der Waals surface area contributed by atoms with E-state index in [9.17, 15) is 4.79 Å². The van der Waals surface area contributed by atoms with E-state index in [0.717, 1.165) is 55.6 Å². The molecule has 0 saturated carbocycles. The molecule has 2 fully saturated rings. The summed E-state index contributed by atoms with van der Waals surface area (Å²) in [7, 11) is -1.11. The van der Waals surface area contributed by atoms with Crippen LogP contribution in [0.4, 0.5) is 5.82 Å². The molecule has 0 bridgehead atoms. The van der Waals surface area contributed by atoms with E-state index in [4.69, 9.17) is 10.00 Å². The number of likely N-dealkylation sites (tertiary alicyclic amines) is 1. The molecule has 0 radical (unpaired) electrons. The van der Waals surface area contributed by atoms with Crippen molar-refractivity contribution in [3.8, 4) is 6.07 Å². The zero-order valence-corrected chi connectivity index (χ0v) is 20.0. The van der Waals surface area contributed by atoms with Gasteiger partial charge < -0.3 is 19.1 Å². The van der Waals surface area contributed by atoms with Crippen LogP contribution in [0.2, 0.25) is 25.7 Å². The minimum Gasteiger partial charge on any atom is -0.361 e. The Morgan fingerprint density at radius 3 is 2.90 bits per heavy atom. The Morgan fingerprint density at radius 2 is 2.19 bits per heavy atom. The Morgan fingerprint density at radius 1 is 1.39 bits per heavy atom. The third-order valence-electron chi connectivity index (χ3n) is 6.78. The number of carbonyl (C=O) groups excluding carboxylic acids is 1. The number of hydrogen-bond acceptors (Lipinski definition) is 6. The predicted octanol–water partition coefficient (Wildman–Crippen LogP) is 3.08. The van der Waals surface area contributed by atoms with Crippen LogP contribution in [0.25, 0.3) is 11.0 Å². The molecule has 1 amide bonds. The molecule has 2 aliphatic heterocycles. The lowest BCUT2D eigenvalue weighted by atomic mass is 9.74. The third-order valence-corrected chi connectivity index (χ3v) is 8.49. The van der Waals surface area contributed by atoms with Crippen LogP contribution in [-0.2, 0) is 16.3 Å². The van der Waals surface area contributed by atoms with Crippen molar-refractivity contribution in [3.05, 3.63) is 18.6 Å². The Bertz CT molecular complexity index is 1010. The number of fused-ring (bicyclic) bond motifs is 1. The van der Waals surface area contributed by atoms with Gasteiger partial charge in [-0.3, -0.25) is 4.79 Å². The van der Waals surface area contributed by atoms with E-state index in [2.05, 4.69) is 47.5 Å². The van der Waals surface area contributed by atoms with Crippen LogP contribution in [-0.4, -0.2) is 65.2 Å². The second-order valence-electron chi connectivity index (χ2n) is 10.1. The SMILES string of the molecule is C[C@H]1CN(C(=O)CC#N)[C@]12CCN(c1ncnc3c1ccn3COCC[Si](C)(C)C)C2. The lowest BCUT2D eigenvalue weighted by Gasteiger charge is -2.55. The zero-order valence-electron chi connectivity index (χ0n) is 19.0. The van der Waals surface area contributed by atoms with Gasteiger partial charge in [0.25, 0.3) is 0 Å². The smallest absolute Gasteiger partial charge is 0.237 e. The summed E-state index contributed by atoms with van der Waals surface area (Å²) in [5, 5.41) is 9.94.